The second-order valence-corrected chi connectivity index (χ2v) is 12.6. The maximum atomic E-state index is 13.8. The Balaban J connectivity index is 1.56. The number of carboxylic acid groups (broad SMARTS) is 1. The lowest BCUT2D eigenvalue weighted by atomic mass is 9.56. The van der Waals surface area contributed by atoms with Crippen LogP contribution in [0.3, 0.4) is 0 Å². The van der Waals surface area contributed by atoms with Gasteiger partial charge in [-0.1, -0.05) is 42.3 Å². The fraction of sp³-hybridized carbons (Fsp3) is 0.500. The van der Waals surface area contributed by atoms with Crippen molar-refractivity contribution in [1.29, 1.82) is 0 Å². The Labute approximate surface area is 247 Å². The van der Waals surface area contributed by atoms with E-state index in [2.05, 4.69) is 6.58 Å². The van der Waals surface area contributed by atoms with Gasteiger partial charge in [-0.2, -0.15) is 0 Å². The first kappa shape index (κ1) is 29.3. The van der Waals surface area contributed by atoms with E-state index in [1.807, 2.05) is 6.08 Å². The molecule has 218 valence electrons. The largest absolute Gasteiger partial charge is 0.507 e. The molecule has 0 unspecified atom stereocenters. The van der Waals surface area contributed by atoms with Gasteiger partial charge in [0, 0.05) is 31.5 Å². The van der Waals surface area contributed by atoms with Crippen LogP contribution in [0.4, 0.5) is 0 Å². The van der Waals surface area contributed by atoms with E-state index < -0.39 is 51.2 Å². The van der Waals surface area contributed by atoms with E-state index >= 15 is 0 Å². The van der Waals surface area contributed by atoms with Gasteiger partial charge in [-0.15, -0.1) is 29.8 Å². The number of amides is 4. The quantitative estimate of drug-likeness (QED) is 0.190. The van der Waals surface area contributed by atoms with Crippen LogP contribution < -0.4 is 0 Å². The lowest BCUT2D eigenvalue weighted by molar-refractivity contribution is -0.141. The van der Waals surface area contributed by atoms with E-state index in [9.17, 15) is 29.1 Å². The number of rotatable bonds is 9. The molecule has 4 amide bonds. The standard InChI is InChI=1S/C30H32Cl2N2O7/c1-3-8-16-9-7-10-19(24(16)37)23-17-12-13-18-22(26(39)34(25(18)38)14-6-4-5-11-21(35)36)20(17)15-29(31)27(40)33(2)28(41)30(23,29)32/h3,7,9-10,12,18,20,22-23,37H,1,4-6,8,11,13-15H2,2H3,(H,35,36)/t18-,20+,22-,23+,29+,30-/m0/s1. The molecule has 9 nitrogen and oxygen atoms in total. The Bertz CT molecular complexity index is 1390. The van der Waals surface area contributed by atoms with Gasteiger partial charge in [0.05, 0.1) is 11.8 Å². The molecule has 2 aliphatic carbocycles. The van der Waals surface area contributed by atoms with Gasteiger partial charge < -0.3 is 10.2 Å². The number of benzene rings is 1. The van der Waals surface area contributed by atoms with Gasteiger partial charge in [0.2, 0.25) is 11.8 Å². The van der Waals surface area contributed by atoms with Crippen molar-refractivity contribution in [3.05, 3.63) is 53.6 Å². The summed E-state index contributed by atoms with van der Waals surface area (Å²) in [5.41, 5.74) is 1.49. The van der Waals surface area contributed by atoms with Crippen LogP contribution in [0, 0.1) is 17.8 Å². The summed E-state index contributed by atoms with van der Waals surface area (Å²) >= 11 is 14.3. The molecule has 11 heteroatoms. The van der Waals surface area contributed by atoms with Crippen LogP contribution in [0.15, 0.2) is 42.5 Å². The average molecular weight is 603 g/mol. The highest BCUT2D eigenvalue weighted by Gasteiger charge is 2.76. The van der Waals surface area contributed by atoms with Crippen molar-refractivity contribution < 1.29 is 34.2 Å². The fourth-order valence-electron chi connectivity index (χ4n) is 7.26. The first-order valence-corrected chi connectivity index (χ1v) is 14.5. The summed E-state index contributed by atoms with van der Waals surface area (Å²) in [5.74, 6) is -6.17. The van der Waals surface area contributed by atoms with Gasteiger partial charge in [-0.25, -0.2) is 0 Å². The molecule has 2 aliphatic heterocycles. The highest BCUT2D eigenvalue weighted by atomic mass is 35.5. The molecule has 41 heavy (non-hydrogen) atoms. The van der Waals surface area contributed by atoms with Gasteiger partial charge in [-0.3, -0.25) is 33.8 Å². The number of hydrogen-bond donors (Lipinski definition) is 2. The molecule has 0 aromatic heterocycles. The summed E-state index contributed by atoms with van der Waals surface area (Å²) in [6.45, 7) is 3.91. The molecule has 0 bridgehead atoms. The van der Waals surface area contributed by atoms with Crippen LogP contribution in [0.2, 0.25) is 0 Å². The first-order valence-electron chi connectivity index (χ1n) is 13.8. The summed E-state index contributed by atoms with van der Waals surface area (Å²) in [6.07, 6.45) is 5.42. The molecule has 2 saturated heterocycles. The second kappa shape index (κ2) is 10.6. The summed E-state index contributed by atoms with van der Waals surface area (Å²) in [7, 11) is 1.32. The van der Waals surface area contributed by atoms with Gasteiger partial charge >= 0.3 is 5.97 Å². The van der Waals surface area contributed by atoms with Gasteiger partial charge in [-0.05, 0) is 43.6 Å². The average Bonchev–Trinajstić information content (AvgIpc) is 3.25. The molecule has 1 saturated carbocycles. The number of likely N-dealkylation sites (tertiary alicyclic amines) is 2. The molecule has 5 rings (SSSR count). The molecule has 2 heterocycles. The third-order valence-corrected chi connectivity index (χ3v) is 10.6. The SMILES string of the molecule is C=CCc1cccc([C@H]2C3=CC[C@@H]4C(=O)N(CCCCCC(=O)O)C(=O)[C@@H]4[C@@H]3C[C@@]3(Cl)C(=O)N(C)C(=O)[C@@]23Cl)c1O. The molecule has 0 radical (unpaired) electrons. The number of phenols is 1. The number of unbranched alkanes of at least 4 members (excludes halogenated alkanes) is 2. The smallest absolute Gasteiger partial charge is 0.303 e. The Hall–Kier alpha value is -3.17. The summed E-state index contributed by atoms with van der Waals surface area (Å²) in [5, 5.41) is 20.2. The minimum absolute atomic E-state index is 0.0178. The third kappa shape index (κ3) is 4.23. The van der Waals surface area contributed by atoms with Crippen molar-refractivity contribution in [1.82, 2.24) is 9.80 Å². The predicted molar refractivity (Wildman–Crippen MR) is 150 cm³/mol. The van der Waals surface area contributed by atoms with Crippen molar-refractivity contribution in [2.75, 3.05) is 13.6 Å². The zero-order valence-corrected chi connectivity index (χ0v) is 24.2. The fourth-order valence-corrected chi connectivity index (χ4v) is 8.27. The van der Waals surface area contributed by atoms with Crippen LogP contribution in [-0.2, 0) is 30.4 Å². The number of para-hydroxylation sites is 1. The third-order valence-electron chi connectivity index (χ3n) is 9.20. The Morgan fingerprint density at radius 3 is 2.51 bits per heavy atom. The molecule has 0 spiro atoms. The lowest BCUT2D eigenvalue weighted by Gasteiger charge is -2.50. The number of fused-ring (bicyclic) bond motifs is 4. The van der Waals surface area contributed by atoms with E-state index in [4.69, 9.17) is 28.3 Å². The number of hydrogen-bond acceptors (Lipinski definition) is 6. The van der Waals surface area contributed by atoms with Crippen molar-refractivity contribution in [2.45, 2.75) is 60.6 Å². The number of aromatic hydroxyl groups is 1. The van der Waals surface area contributed by atoms with Crippen molar-refractivity contribution >= 4 is 52.8 Å². The number of carboxylic acids is 1. The van der Waals surface area contributed by atoms with Gasteiger partial charge in [0.25, 0.3) is 11.8 Å². The van der Waals surface area contributed by atoms with Crippen molar-refractivity contribution in [3.63, 3.8) is 0 Å². The van der Waals surface area contributed by atoms with E-state index in [1.165, 1.54) is 11.9 Å². The number of alkyl halides is 2. The van der Waals surface area contributed by atoms with E-state index in [-0.39, 0.29) is 43.4 Å². The van der Waals surface area contributed by atoms with Crippen LogP contribution in [-0.4, -0.2) is 73.0 Å². The Kier molecular flexibility index (Phi) is 7.57. The molecule has 6 atom stereocenters. The molecule has 2 N–H and O–H groups in total. The summed E-state index contributed by atoms with van der Waals surface area (Å²) in [4.78, 5) is 63.5. The number of imide groups is 2. The Morgan fingerprint density at radius 1 is 1.10 bits per heavy atom. The summed E-state index contributed by atoms with van der Waals surface area (Å²) < 4.78 is 0. The minimum atomic E-state index is -1.96. The number of halogens is 2. The topological polar surface area (TPSA) is 132 Å². The van der Waals surface area contributed by atoms with Gasteiger partial charge in [0.1, 0.15) is 5.75 Å². The van der Waals surface area contributed by atoms with Crippen LogP contribution in [0.25, 0.3) is 0 Å². The lowest BCUT2D eigenvalue weighted by Crippen LogP contribution is -2.60. The van der Waals surface area contributed by atoms with E-state index in [1.54, 1.807) is 24.3 Å². The predicted octanol–water partition coefficient (Wildman–Crippen LogP) is 3.75. The van der Waals surface area contributed by atoms with Crippen molar-refractivity contribution in [3.8, 4) is 5.75 Å². The second-order valence-electron chi connectivity index (χ2n) is 11.4. The zero-order valence-electron chi connectivity index (χ0n) is 22.6. The monoisotopic (exact) mass is 602 g/mol. The van der Waals surface area contributed by atoms with E-state index in [0.717, 1.165) is 4.90 Å². The first-order chi connectivity index (χ1) is 19.4. The number of aliphatic carboxylic acids is 1. The minimum Gasteiger partial charge on any atom is -0.507 e. The highest BCUT2D eigenvalue weighted by molar-refractivity contribution is 6.53. The molecule has 4 aliphatic rings. The molecular formula is C30H32Cl2N2O7. The van der Waals surface area contributed by atoms with Crippen LogP contribution in [0.1, 0.15) is 55.6 Å². The molecular weight excluding hydrogens is 571 g/mol. The summed E-state index contributed by atoms with van der Waals surface area (Å²) in [6, 6.07) is 5.09. The normalized spacial score (nSPS) is 32.5. The van der Waals surface area contributed by atoms with E-state index in [0.29, 0.717) is 42.4 Å². The van der Waals surface area contributed by atoms with Crippen LogP contribution in [0.5, 0.6) is 5.75 Å². The van der Waals surface area contributed by atoms with Crippen LogP contribution >= 0.6 is 23.2 Å². The zero-order chi connectivity index (χ0) is 29.9. The molecule has 1 aromatic carbocycles. The Morgan fingerprint density at radius 2 is 1.83 bits per heavy atom. The van der Waals surface area contributed by atoms with Crippen molar-refractivity contribution in [2.24, 2.45) is 17.8 Å². The number of carbonyl (C=O) groups is 5. The number of nitrogens with zero attached hydrogens (tertiary/aromatic N) is 2. The number of allylic oxidation sites excluding steroid dienone is 3. The molecule has 3 fully saturated rings. The number of carbonyl (C=O) groups excluding carboxylic acids is 4. The van der Waals surface area contributed by atoms with Gasteiger partial charge in [0.15, 0.2) is 9.75 Å². The molecule has 1 aromatic rings. The maximum Gasteiger partial charge on any atom is 0.303 e. The maximum absolute atomic E-state index is 13.8. The number of phenolic OH excluding ortho intramolecular Hbond substituents is 1. The highest BCUT2D eigenvalue weighted by Crippen LogP contribution is 2.66.